The molecule has 0 aliphatic heterocycles. The van der Waals surface area contributed by atoms with Crippen molar-refractivity contribution in [1.82, 2.24) is 4.90 Å². The molecular formula is C7H17NO6S. The third-order valence-electron chi connectivity index (χ3n) is 1.91. The van der Waals surface area contributed by atoms with Gasteiger partial charge in [-0.15, -0.1) is 0 Å². The van der Waals surface area contributed by atoms with Gasteiger partial charge in [0.2, 0.25) is 4.93 Å². The first kappa shape index (κ1) is 14.8. The van der Waals surface area contributed by atoms with Gasteiger partial charge in [-0.1, -0.05) is 0 Å². The van der Waals surface area contributed by atoms with Crippen LogP contribution in [0.25, 0.3) is 0 Å². The molecular weight excluding hydrogens is 226 g/mol. The van der Waals surface area contributed by atoms with Gasteiger partial charge in [0.25, 0.3) is 10.1 Å². The molecule has 4 N–H and O–H groups in total. The van der Waals surface area contributed by atoms with E-state index in [4.69, 9.17) is 14.8 Å². The zero-order chi connectivity index (χ0) is 12.1. The van der Waals surface area contributed by atoms with Crippen LogP contribution in [0.5, 0.6) is 0 Å². The molecule has 92 valence electrons. The fraction of sp³-hybridized carbons (Fsp3) is 1.00. The maximum Gasteiger partial charge on any atom is 0.296 e. The van der Waals surface area contributed by atoms with Crippen molar-refractivity contribution in [3.05, 3.63) is 0 Å². The van der Waals surface area contributed by atoms with Crippen LogP contribution in [0, 0.1) is 0 Å². The molecule has 0 bridgehead atoms. The summed E-state index contributed by atoms with van der Waals surface area (Å²) in [6.07, 6.45) is 0. The summed E-state index contributed by atoms with van der Waals surface area (Å²) < 4.78 is 30.2. The van der Waals surface area contributed by atoms with Crippen molar-refractivity contribution >= 4 is 10.1 Å². The summed E-state index contributed by atoms with van der Waals surface area (Å²) in [5.41, 5.74) is 0. The fourth-order valence-corrected chi connectivity index (χ4v) is 1.39. The quantitative estimate of drug-likeness (QED) is 0.377. The van der Waals surface area contributed by atoms with Crippen LogP contribution in [0.3, 0.4) is 0 Å². The molecule has 1 atom stereocenters. The Balaban J connectivity index is 4.51. The first-order valence-corrected chi connectivity index (χ1v) is 5.82. The molecule has 0 spiro atoms. The Morgan fingerprint density at radius 1 is 1.20 bits per heavy atom. The van der Waals surface area contributed by atoms with Crippen molar-refractivity contribution in [2.45, 2.75) is 11.9 Å². The van der Waals surface area contributed by atoms with Crippen LogP contribution in [-0.2, 0) is 10.1 Å². The molecule has 0 aromatic rings. The molecule has 0 aliphatic rings. The molecule has 0 radical (unpaired) electrons. The Bertz CT molecular complexity index is 269. The van der Waals surface area contributed by atoms with E-state index in [1.54, 1.807) is 0 Å². The predicted molar refractivity (Wildman–Crippen MR) is 52.8 cm³/mol. The molecule has 0 aliphatic carbocycles. The Morgan fingerprint density at radius 2 is 1.60 bits per heavy atom. The Kier molecular flexibility index (Phi) is 5.63. The standard InChI is InChI=1S/C7H17NO6S/c1-7(11,15(12,13)14)6-8(2-4-9)3-5-10/h9-11H,2-6H2,1H3,(H,12,13,14). The molecule has 0 aromatic carbocycles. The molecule has 0 aromatic heterocycles. The zero-order valence-corrected chi connectivity index (χ0v) is 9.31. The maximum atomic E-state index is 10.8. The third kappa shape index (κ3) is 4.87. The van der Waals surface area contributed by atoms with E-state index in [9.17, 15) is 13.5 Å². The number of nitrogens with zero attached hydrogens (tertiary/aromatic N) is 1. The largest absolute Gasteiger partial charge is 0.395 e. The zero-order valence-electron chi connectivity index (χ0n) is 8.50. The van der Waals surface area contributed by atoms with Gasteiger partial charge in [-0.2, -0.15) is 8.42 Å². The van der Waals surface area contributed by atoms with Gasteiger partial charge in [0.1, 0.15) is 0 Å². The first-order valence-electron chi connectivity index (χ1n) is 4.38. The van der Waals surface area contributed by atoms with Crippen LogP contribution < -0.4 is 0 Å². The van der Waals surface area contributed by atoms with Crippen LogP contribution in [0.1, 0.15) is 6.92 Å². The van der Waals surface area contributed by atoms with E-state index < -0.39 is 15.1 Å². The number of aliphatic hydroxyl groups is 3. The molecule has 0 saturated heterocycles. The van der Waals surface area contributed by atoms with Gasteiger partial charge >= 0.3 is 0 Å². The summed E-state index contributed by atoms with van der Waals surface area (Å²) >= 11 is 0. The fourth-order valence-electron chi connectivity index (χ4n) is 1.05. The lowest BCUT2D eigenvalue weighted by Gasteiger charge is -2.28. The topological polar surface area (TPSA) is 118 Å². The van der Waals surface area contributed by atoms with Crippen molar-refractivity contribution in [2.75, 3.05) is 32.8 Å². The molecule has 0 heterocycles. The second-order valence-corrected chi connectivity index (χ2v) is 5.20. The third-order valence-corrected chi connectivity index (χ3v) is 3.15. The summed E-state index contributed by atoms with van der Waals surface area (Å²) in [4.78, 5) is -0.981. The second-order valence-electron chi connectivity index (χ2n) is 3.37. The Labute approximate surface area is 88.7 Å². The minimum absolute atomic E-state index is 0.103. The Hall–Kier alpha value is -0.250. The normalized spacial score (nSPS) is 16.7. The summed E-state index contributed by atoms with van der Waals surface area (Å²) in [5.74, 6) is 0. The first-order chi connectivity index (χ1) is 6.74. The molecule has 8 heteroatoms. The van der Waals surface area contributed by atoms with Crippen LogP contribution >= 0.6 is 0 Å². The number of hydrogen-bond acceptors (Lipinski definition) is 6. The monoisotopic (exact) mass is 243 g/mol. The van der Waals surface area contributed by atoms with E-state index >= 15 is 0 Å². The van der Waals surface area contributed by atoms with Gasteiger partial charge < -0.3 is 15.3 Å². The van der Waals surface area contributed by atoms with Crippen molar-refractivity contribution in [1.29, 1.82) is 0 Å². The SMILES string of the molecule is CC(O)(CN(CCO)CCO)S(=O)(=O)O. The number of rotatable bonds is 7. The van der Waals surface area contributed by atoms with E-state index in [0.29, 0.717) is 0 Å². The van der Waals surface area contributed by atoms with Crippen LogP contribution in [-0.4, -0.2) is 71.0 Å². The minimum Gasteiger partial charge on any atom is -0.395 e. The average Bonchev–Trinajstić information content (AvgIpc) is 2.02. The van der Waals surface area contributed by atoms with Crippen LogP contribution in [0.4, 0.5) is 0 Å². The number of aliphatic hydroxyl groups excluding tert-OH is 2. The summed E-state index contributed by atoms with van der Waals surface area (Å²) in [6, 6.07) is 0. The lowest BCUT2D eigenvalue weighted by molar-refractivity contribution is 0.0633. The molecule has 7 nitrogen and oxygen atoms in total. The lowest BCUT2D eigenvalue weighted by atomic mass is 10.3. The lowest BCUT2D eigenvalue weighted by Crippen LogP contribution is -2.48. The van der Waals surface area contributed by atoms with Crippen molar-refractivity contribution in [3.63, 3.8) is 0 Å². The maximum absolute atomic E-state index is 10.8. The highest BCUT2D eigenvalue weighted by molar-refractivity contribution is 7.87. The van der Waals surface area contributed by atoms with Crippen LogP contribution in [0.15, 0.2) is 0 Å². The van der Waals surface area contributed by atoms with Gasteiger partial charge in [-0.3, -0.25) is 9.45 Å². The highest BCUT2D eigenvalue weighted by Gasteiger charge is 2.36. The van der Waals surface area contributed by atoms with Crippen LogP contribution in [0.2, 0.25) is 0 Å². The van der Waals surface area contributed by atoms with E-state index in [0.717, 1.165) is 6.92 Å². The van der Waals surface area contributed by atoms with Gasteiger partial charge in [0.15, 0.2) is 0 Å². The van der Waals surface area contributed by atoms with Gasteiger partial charge in [0.05, 0.1) is 13.2 Å². The predicted octanol–water partition coefficient (Wildman–Crippen LogP) is -2.13. The van der Waals surface area contributed by atoms with Gasteiger partial charge in [0, 0.05) is 19.6 Å². The molecule has 0 rings (SSSR count). The highest BCUT2D eigenvalue weighted by Crippen LogP contribution is 2.13. The minimum atomic E-state index is -4.58. The molecule has 1 unspecified atom stereocenters. The smallest absolute Gasteiger partial charge is 0.296 e. The van der Waals surface area contributed by atoms with E-state index in [-0.39, 0.29) is 32.8 Å². The molecule has 0 amide bonds. The van der Waals surface area contributed by atoms with Gasteiger partial charge in [-0.25, -0.2) is 0 Å². The summed E-state index contributed by atoms with van der Waals surface area (Å²) in [6.45, 7) is 0.304. The van der Waals surface area contributed by atoms with E-state index in [1.807, 2.05) is 0 Å². The van der Waals surface area contributed by atoms with Crippen molar-refractivity contribution < 1.29 is 28.3 Å². The number of hydrogen-bond donors (Lipinski definition) is 4. The van der Waals surface area contributed by atoms with E-state index in [2.05, 4.69) is 0 Å². The van der Waals surface area contributed by atoms with Crippen molar-refractivity contribution in [3.8, 4) is 0 Å². The average molecular weight is 243 g/mol. The van der Waals surface area contributed by atoms with Gasteiger partial charge in [-0.05, 0) is 6.92 Å². The molecule has 0 fully saturated rings. The molecule has 0 saturated carbocycles. The Morgan fingerprint density at radius 3 is 1.87 bits per heavy atom. The molecule has 15 heavy (non-hydrogen) atoms. The second kappa shape index (κ2) is 5.73. The highest BCUT2D eigenvalue weighted by atomic mass is 32.2. The van der Waals surface area contributed by atoms with E-state index in [1.165, 1.54) is 4.90 Å². The van der Waals surface area contributed by atoms with Crippen molar-refractivity contribution in [2.24, 2.45) is 0 Å². The summed E-state index contributed by atoms with van der Waals surface area (Å²) in [5, 5.41) is 26.7. The summed E-state index contributed by atoms with van der Waals surface area (Å²) in [7, 11) is -4.58.